The fourth-order valence-corrected chi connectivity index (χ4v) is 3.60. The van der Waals surface area contributed by atoms with Crippen LogP contribution < -0.4 is 10.6 Å². The first-order valence-electron chi connectivity index (χ1n) is 6.09. The lowest BCUT2D eigenvalue weighted by Crippen LogP contribution is -2.57. The zero-order valence-electron chi connectivity index (χ0n) is 10.2. The molecule has 0 aromatic carbocycles. The molecule has 1 heterocycles. The van der Waals surface area contributed by atoms with Crippen LogP contribution in [0.2, 0.25) is 0 Å². The Bertz CT molecular complexity index is 329. The van der Waals surface area contributed by atoms with Gasteiger partial charge in [-0.15, -0.1) is 0 Å². The van der Waals surface area contributed by atoms with Crippen molar-refractivity contribution in [2.24, 2.45) is 17.8 Å². The maximum Gasteiger partial charge on any atom is 0.252 e. The maximum absolute atomic E-state index is 12.2. The van der Waals surface area contributed by atoms with Gasteiger partial charge in [-0.3, -0.25) is 4.79 Å². The molecule has 1 saturated heterocycles. The molecule has 3 atom stereocenters. The van der Waals surface area contributed by atoms with Gasteiger partial charge in [0.25, 0.3) is 5.91 Å². The van der Waals surface area contributed by atoms with Crippen LogP contribution in [0.15, 0.2) is 0 Å². The molecule has 0 aromatic rings. The minimum absolute atomic E-state index is 0.0859. The van der Waals surface area contributed by atoms with E-state index >= 15 is 0 Å². The molecule has 2 aliphatic rings. The highest BCUT2D eigenvalue weighted by Gasteiger charge is 2.53. The fourth-order valence-electron chi connectivity index (χ4n) is 3.33. The van der Waals surface area contributed by atoms with Gasteiger partial charge in [-0.25, -0.2) is 0 Å². The van der Waals surface area contributed by atoms with E-state index in [2.05, 4.69) is 31.4 Å². The zero-order valence-corrected chi connectivity index (χ0v) is 11.0. The maximum atomic E-state index is 12.2. The average molecular weight is 240 g/mol. The SMILES string of the molecule is CC1CCC(C(C)C)C2(C1)NC(=S)NC2=O. The molecule has 3 unspecified atom stereocenters. The fraction of sp³-hybridized carbons (Fsp3) is 0.833. The van der Waals surface area contributed by atoms with Crippen LogP contribution in [0.3, 0.4) is 0 Å². The Labute approximate surface area is 102 Å². The molecule has 1 aliphatic carbocycles. The lowest BCUT2D eigenvalue weighted by Gasteiger charge is -2.43. The summed E-state index contributed by atoms with van der Waals surface area (Å²) in [5.41, 5.74) is -0.428. The minimum Gasteiger partial charge on any atom is -0.348 e. The van der Waals surface area contributed by atoms with E-state index in [4.69, 9.17) is 12.2 Å². The number of amides is 1. The number of rotatable bonds is 1. The first kappa shape index (κ1) is 11.8. The van der Waals surface area contributed by atoms with Crippen LogP contribution in [0.5, 0.6) is 0 Å². The largest absolute Gasteiger partial charge is 0.348 e. The number of hydrogen-bond donors (Lipinski definition) is 2. The lowest BCUT2D eigenvalue weighted by molar-refractivity contribution is -0.129. The van der Waals surface area contributed by atoms with Crippen LogP contribution in [-0.4, -0.2) is 16.6 Å². The highest BCUT2D eigenvalue weighted by Crippen LogP contribution is 2.42. The molecule has 90 valence electrons. The van der Waals surface area contributed by atoms with E-state index < -0.39 is 5.54 Å². The Morgan fingerprint density at radius 1 is 1.44 bits per heavy atom. The third-order valence-corrected chi connectivity index (χ3v) is 4.25. The normalized spacial score (nSPS) is 39.0. The third-order valence-electron chi connectivity index (χ3n) is 4.05. The van der Waals surface area contributed by atoms with E-state index in [1.54, 1.807) is 0 Å². The van der Waals surface area contributed by atoms with Gasteiger partial charge in [0.2, 0.25) is 0 Å². The molecule has 1 saturated carbocycles. The van der Waals surface area contributed by atoms with E-state index in [-0.39, 0.29) is 5.91 Å². The molecule has 4 heteroatoms. The third kappa shape index (κ3) is 1.73. The predicted octanol–water partition coefficient (Wildman–Crippen LogP) is 1.82. The van der Waals surface area contributed by atoms with Gasteiger partial charge < -0.3 is 10.6 Å². The quantitative estimate of drug-likeness (QED) is 0.687. The summed E-state index contributed by atoms with van der Waals surface area (Å²) in [6.45, 7) is 6.60. The van der Waals surface area contributed by atoms with Crippen LogP contribution >= 0.6 is 12.2 Å². The van der Waals surface area contributed by atoms with Gasteiger partial charge in [-0.1, -0.05) is 27.2 Å². The van der Waals surface area contributed by atoms with Crippen molar-refractivity contribution in [2.45, 2.75) is 45.6 Å². The number of carbonyl (C=O) groups excluding carboxylic acids is 1. The smallest absolute Gasteiger partial charge is 0.252 e. The number of hydrogen-bond acceptors (Lipinski definition) is 2. The molecule has 0 aromatic heterocycles. The Balaban J connectivity index is 2.32. The van der Waals surface area contributed by atoms with Gasteiger partial charge in [0, 0.05) is 0 Å². The summed E-state index contributed by atoms with van der Waals surface area (Å²) in [6.07, 6.45) is 3.23. The second-order valence-corrected chi connectivity index (χ2v) is 6.03. The first-order chi connectivity index (χ1) is 7.45. The first-order valence-corrected chi connectivity index (χ1v) is 6.50. The van der Waals surface area contributed by atoms with Gasteiger partial charge >= 0.3 is 0 Å². The Kier molecular flexibility index (Phi) is 2.95. The molecule has 0 radical (unpaired) electrons. The summed E-state index contributed by atoms with van der Waals surface area (Å²) in [7, 11) is 0. The molecule has 3 nitrogen and oxygen atoms in total. The van der Waals surface area contributed by atoms with E-state index in [1.165, 1.54) is 6.42 Å². The van der Waals surface area contributed by atoms with Crippen LogP contribution in [0.25, 0.3) is 0 Å². The lowest BCUT2D eigenvalue weighted by atomic mass is 9.65. The molecule has 1 aliphatic heterocycles. The molecule has 1 spiro atoms. The summed E-state index contributed by atoms with van der Waals surface area (Å²) >= 11 is 5.08. The van der Waals surface area contributed by atoms with Gasteiger partial charge in [-0.2, -0.15) is 0 Å². The highest BCUT2D eigenvalue weighted by molar-refractivity contribution is 7.80. The highest BCUT2D eigenvalue weighted by atomic mass is 32.1. The van der Waals surface area contributed by atoms with Gasteiger partial charge in [-0.05, 0) is 42.8 Å². The van der Waals surface area contributed by atoms with Crippen molar-refractivity contribution < 1.29 is 4.79 Å². The second kappa shape index (κ2) is 3.99. The number of nitrogens with one attached hydrogen (secondary N) is 2. The molecule has 16 heavy (non-hydrogen) atoms. The minimum atomic E-state index is -0.428. The van der Waals surface area contributed by atoms with Crippen molar-refractivity contribution in [2.75, 3.05) is 0 Å². The van der Waals surface area contributed by atoms with Crippen molar-refractivity contribution in [3.8, 4) is 0 Å². The molecule has 1 amide bonds. The Morgan fingerprint density at radius 2 is 2.12 bits per heavy atom. The van der Waals surface area contributed by atoms with E-state index in [1.807, 2.05) is 0 Å². The molecule has 2 N–H and O–H groups in total. The number of thiocarbonyl (C=S) groups is 1. The van der Waals surface area contributed by atoms with E-state index in [9.17, 15) is 4.79 Å². The van der Waals surface area contributed by atoms with Crippen LogP contribution in [-0.2, 0) is 4.79 Å². The van der Waals surface area contributed by atoms with Crippen molar-refractivity contribution >= 4 is 23.2 Å². The topological polar surface area (TPSA) is 41.1 Å². The Hall–Kier alpha value is -0.640. The van der Waals surface area contributed by atoms with E-state index in [0.29, 0.717) is 22.9 Å². The predicted molar refractivity (Wildman–Crippen MR) is 68.0 cm³/mol. The standard InChI is InChI=1S/C12H20N2OS/c1-7(2)9-5-4-8(3)6-12(9)10(15)13-11(16)14-12/h7-9H,4-6H2,1-3H3,(H2,13,14,15,16). The summed E-state index contributed by atoms with van der Waals surface area (Å²) < 4.78 is 0. The average Bonchev–Trinajstić information content (AvgIpc) is 2.41. The van der Waals surface area contributed by atoms with Crippen molar-refractivity contribution in [1.29, 1.82) is 0 Å². The molecule has 2 fully saturated rings. The van der Waals surface area contributed by atoms with E-state index in [0.717, 1.165) is 12.8 Å². The van der Waals surface area contributed by atoms with Gasteiger partial charge in [0.1, 0.15) is 5.54 Å². The summed E-state index contributed by atoms with van der Waals surface area (Å²) in [5.74, 6) is 1.58. The number of carbonyl (C=O) groups is 1. The summed E-state index contributed by atoms with van der Waals surface area (Å²) in [5, 5.41) is 6.52. The van der Waals surface area contributed by atoms with Gasteiger partial charge in [0.15, 0.2) is 5.11 Å². The Morgan fingerprint density at radius 3 is 2.62 bits per heavy atom. The molecular formula is C12H20N2OS. The second-order valence-electron chi connectivity index (χ2n) is 5.62. The van der Waals surface area contributed by atoms with Crippen LogP contribution in [0.1, 0.15) is 40.0 Å². The van der Waals surface area contributed by atoms with Crippen LogP contribution in [0, 0.1) is 17.8 Å². The molecule has 0 bridgehead atoms. The van der Waals surface area contributed by atoms with Crippen molar-refractivity contribution in [3.63, 3.8) is 0 Å². The van der Waals surface area contributed by atoms with Gasteiger partial charge in [0.05, 0.1) is 0 Å². The summed E-state index contributed by atoms with van der Waals surface area (Å²) in [6, 6.07) is 0. The zero-order chi connectivity index (χ0) is 11.9. The molecular weight excluding hydrogens is 220 g/mol. The van der Waals surface area contributed by atoms with Crippen LogP contribution in [0.4, 0.5) is 0 Å². The van der Waals surface area contributed by atoms with Crippen molar-refractivity contribution in [1.82, 2.24) is 10.6 Å². The van der Waals surface area contributed by atoms with Crippen molar-refractivity contribution in [3.05, 3.63) is 0 Å². The molecule has 2 rings (SSSR count). The monoisotopic (exact) mass is 240 g/mol. The summed E-state index contributed by atoms with van der Waals surface area (Å²) in [4.78, 5) is 12.2.